The van der Waals surface area contributed by atoms with Gasteiger partial charge < -0.3 is 9.73 Å². The SMILES string of the molecule is C[C@H]([NH2+]Cc1ccc(-c2ccccc2F)o1)c1ccccc1. The molecule has 3 aromatic rings. The van der Waals surface area contributed by atoms with Crippen molar-refractivity contribution in [2.45, 2.75) is 19.5 Å². The van der Waals surface area contributed by atoms with Gasteiger partial charge in [0, 0.05) is 5.56 Å². The van der Waals surface area contributed by atoms with E-state index in [2.05, 4.69) is 24.4 Å². The van der Waals surface area contributed by atoms with Gasteiger partial charge in [-0.15, -0.1) is 0 Å². The summed E-state index contributed by atoms with van der Waals surface area (Å²) in [5.41, 5.74) is 1.79. The van der Waals surface area contributed by atoms with Crippen LogP contribution in [0.2, 0.25) is 0 Å². The first-order chi connectivity index (χ1) is 10.7. The van der Waals surface area contributed by atoms with E-state index in [0.29, 0.717) is 17.4 Å². The maximum Gasteiger partial charge on any atom is 0.158 e. The van der Waals surface area contributed by atoms with E-state index in [1.165, 1.54) is 11.6 Å². The smallest absolute Gasteiger partial charge is 0.158 e. The molecule has 2 aromatic carbocycles. The minimum absolute atomic E-state index is 0.259. The van der Waals surface area contributed by atoms with Gasteiger partial charge in [0.05, 0.1) is 5.56 Å². The summed E-state index contributed by atoms with van der Waals surface area (Å²) in [6.07, 6.45) is 0. The highest BCUT2D eigenvalue weighted by molar-refractivity contribution is 5.58. The number of halogens is 1. The summed E-state index contributed by atoms with van der Waals surface area (Å²) < 4.78 is 19.5. The summed E-state index contributed by atoms with van der Waals surface area (Å²) in [4.78, 5) is 0. The van der Waals surface area contributed by atoms with Crippen LogP contribution in [0.4, 0.5) is 4.39 Å². The molecule has 0 bridgehead atoms. The molecule has 0 radical (unpaired) electrons. The number of benzene rings is 2. The first-order valence-corrected chi connectivity index (χ1v) is 7.46. The van der Waals surface area contributed by atoms with E-state index in [-0.39, 0.29) is 5.82 Å². The van der Waals surface area contributed by atoms with Crippen molar-refractivity contribution in [1.29, 1.82) is 0 Å². The Morgan fingerprint density at radius 2 is 1.68 bits per heavy atom. The third-order valence-corrected chi connectivity index (χ3v) is 3.80. The Morgan fingerprint density at radius 1 is 0.955 bits per heavy atom. The maximum atomic E-state index is 13.8. The van der Waals surface area contributed by atoms with E-state index in [0.717, 1.165) is 12.3 Å². The molecule has 1 heterocycles. The molecule has 2 nitrogen and oxygen atoms in total. The van der Waals surface area contributed by atoms with Gasteiger partial charge >= 0.3 is 0 Å². The predicted octanol–water partition coefficient (Wildman–Crippen LogP) is 3.91. The second-order valence-electron chi connectivity index (χ2n) is 5.38. The molecule has 0 fully saturated rings. The molecule has 0 amide bonds. The molecule has 0 aliphatic rings. The number of nitrogens with two attached hydrogens (primary N) is 1. The van der Waals surface area contributed by atoms with Gasteiger partial charge in [-0.05, 0) is 31.2 Å². The normalized spacial score (nSPS) is 12.3. The lowest BCUT2D eigenvalue weighted by molar-refractivity contribution is -0.709. The summed E-state index contributed by atoms with van der Waals surface area (Å²) in [5.74, 6) is 1.17. The predicted molar refractivity (Wildman–Crippen MR) is 84.6 cm³/mol. The van der Waals surface area contributed by atoms with Crippen molar-refractivity contribution in [3.63, 3.8) is 0 Å². The number of furan rings is 1. The quantitative estimate of drug-likeness (QED) is 0.760. The molecule has 0 aliphatic carbocycles. The summed E-state index contributed by atoms with van der Waals surface area (Å²) in [5, 5.41) is 2.21. The standard InChI is InChI=1S/C19H18FNO/c1-14(15-7-3-2-4-8-15)21-13-16-11-12-19(22-16)17-9-5-6-10-18(17)20/h2-12,14,21H,13H2,1H3/p+1/t14-/m0/s1. The summed E-state index contributed by atoms with van der Waals surface area (Å²) in [6, 6.07) is 21.1. The second-order valence-corrected chi connectivity index (χ2v) is 5.38. The minimum Gasteiger partial charge on any atom is -0.455 e. The van der Waals surface area contributed by atoms with Gasteiger partial charge in [0.15, 0.2) is 5.76 Å². The van der Waals surface area contributed by atoms with E-state index >= 15 is 0 Å². The summed E-state index contributed by atoms with van der Waals surface area (Å²) in [7, 11) is 0. The highest BCUT2D eigenvalue weighted by Crippen LogP contribution is 2.24. The lowest BCUT2D eigenvalue weighted by atomic mass is 10.1. The minimum atomic E-state index is -0.259. The van der Waals surface area contributed by atoms with Crippen LogP contribution in [0.1, 0.15) is 24.3 Å². The van der Waals surface area contributed by atoms with Crippen molar-refractivity contribution in [2.75, 3.05) is 0 Å². The molecule has 0 unspecified atom stereocenters. The Balaban J connectivity index is 1.67. The number of hydrogen-bond acceptors (Lipinski definition) is 1. The molecule has 22 heavy (non-hydrogen) atoms. The van der Waals surface area contributed by atoms with Crippen molar-refractivity contribution in [3.05, 3.63) is 83.9 Å². The van der Waals surface area contributed by atoms with Crippen molar-refractivity contribution in [2.24, 2.45) is 0 Å². The molecule has 2 N–H and O–H groups in total. The molecule has 1 atom stereocenters. The molecule has 0 spiro atoms. The molecular weight excluding hydrogens is 277 g/mol. The van der Waals surface area contributed by atoms with Crippen LogP contribution >= 0.6 is 0 Å². The van der Waals surface area contributed by atoms with Gasteiger partial charge in [0.25, 0.3) is 0 Å². The molecule has 0 aliphatic heterocycles. The molecule has 1 aromatic heterocycles. The average molecular weight is 296 g/mol. The zero-order valence-electron chi connectivity index (χ0n) is 12.5. The average Bonchev–Trinajstić information content (AvgIpc) is 3.02. The van der Waals surface area contributed by atoms with E-state index in [4.69, 9.17) is 4.42 Å². The van der Waals surface area contributed by atoms with Crippen molar-refractivity contribution in [1.82, 2.24) is 0 Å². The lowest BCUT2D eigenvalue weighted by Crippen LogP contribution is -2.82. The first kappa shape index (κ1) is 14.5. The van der Waals surface area contributed by atoms with Gasteiger partial charge in [-0.1, -0.05) is 42.5 Å². The third kappa shape index (κ3) is 3.26. The first-order valence-electron chi connectivity index (χ1n) is 7.46. The molecule has 112 valence electrons. The van der Waals surface area contributed by atoms with Crippen LogP contribution in [0.15, 0.2) is 71.1 Å². The van der Waals surface area contributed by atoms with E-state index in [9.17, 15) is 4.39 Å². The fourth-order valence-corrected chi connectivity index (χ4v) is 2.48. The third-order valence-electron chi connectivity index (χ3n) is 3.80. The van der Waals surface area contributed by atoms with E-state index in [1.807, 2.05) is 36.4 Å². The summed E-state index contributed by atoms with van der Waals surface area (Å²) in [6.45, 7) is 2.89. The van der Waals surface area contributed by atoms with Crippen LogP contribution in [0, 0.1) is 5.82 Å². The zero-order valence-corrected chi connectivity index (χ0v) is 12.5. The van der Waals surface area contributed by atoms with Crippen LogP contribution in [0.5, 0.6) is 0 Å². The molecule has 3 rings (SSSR count). The monoisotopic (exact) mass is 296 g/mol. The van der Waals surface area contributed by atoms with Crippen molar-refractivity contribution < 1.29 is 14.1 Å². The van der Waals surface area contributed by atoms with Gasteiger partial charge in [0.2, 0.25) is 0 Å². The Bertz CT molecular complexity index is 736. The van der Waals surface area contributed by atoms with Crippen LogP contribution in [-0.2, 0) is 6.54 Å². The van der Waals surface area contributed by atoms with Gasteiger partial charge in [0.1, 0.15) is 24.2 Å². The fourth-order valence-electron chi connectivity index (χ4n) is 2.48. The number of hydrogen-bond donors (Lipinski definition) is 1. The van der Waals surface area contributed by atoms with Gasteiger partial charge in [-0.3, -0.25) is 0 Å². The Kier molecular flexibility index (Phi) is 4.35. The summed E-state index contributed by atoms with van der Waals surface area (Å²) >= 11 is 0. The second kappa shape index (κ2) is 6.58. The molecular formula is C19H19FNO+. The van der Waals surface area contributed by atoms with Crippen LogP contribution < -0.4 is 5.32 Å². The van der Waals surface area contributed by atoms with Crippen LogP contribution in [-0.4, -0.2) is 0 Å². The Morgan fingerprint density at radius 3 is 2.45 bits per heavy atom. The highest BCUT2D eigenvalue weighted by atomic mass is 19.1. The van der Waals surface area contributed by atoms with Crippen LogP contribution in [0.25, 0.3) is 11.3 Å². The highest BCUT2D eigenvalue weighted by Gasteiger charge is 2.12. The maximum absolute atomic E-state index is 13.8. The van der Waals surface area contributed by atoms with E-state index < -0.39 is 0 Å². The molecule has 0 saturated carbocycles. The lowest BCUT2D eigenvalue weighted by Gasteiger charge is -2.09. The Hall–Kier alpha value is -2.39. The largest absolute Gasteiger partial charge is 0.455 e. The topological polar surface area (TPSA) is 29.8 Å². The zero-order chi connectivity index (χ0) is 15.4. The van der Waals surface area contributed by atoms with Gasteiger partial charge in [-0.2, -0.15) is 0 Å². The fraction of sp³-hybridized carbons (Fsp3) is 0.158. The molecule has 0 saturated heterocycles. The number of rotatable bonds is 5. The number of quaternary nitrogens is 1. The molecule has 3 heteroatoms. The van der Waals surface area contributed by atoms with E-state index in [1.54, 1.807) is 12.1 Å². The van der Waals surface area contributed by atoms with Crippen molar-refractivity contribution >= 4 is 0 Å². The van der Waals surface area contributed by atoms with Gasteiger partial charge in [-0.25, -0.2) is 4.39 Å². The van der Waals surface area contributed by atoms with Crippen LogP contribution in [0.3, 0.4) is 0 Å². The Labute approximate surface area is 129 Å². The van der Waals surface area contributed by atoms with Crippen molar-refractivity contribution in [3.8, 4) is 11.3 Å².